The van der Waals surface area contributed by atoms with Gasteiger partial charge in [-0.2, -0.15) is 5.10 Å². The van der Waals surface area contributed by atoms with E-state index in [0.717, 1.165) is 12.0 Å². The zero-order valence-corrected chi connectivity index (χ0v) is 16.2. The summed E-state index contributed by atoms with van der Waals surface area (Å²) in [6.07, 6.45) is 2.52. The lowest BCUT2D eigenvalue weighted by atomic mass is 10.1. The molecule has 0 bridgehead atoms. The number of hydrogen-bond acceptors (Lipinski definition) is 6. The number of carbonyl (C=O) groups is 1. The van der Waals surface area contributed by atoms with Crippen LogP contribution in [0.5, 0.6) is 23.0 Å². The van der Waals surface area contributed by atoms with Crippen LogP contribution in [-0.4, -0.2) is 32.6 Å². The zero-order chi connectivity index (χ0) is 19.9. The molecule has 7 heteroatoms. The van der Waals surface area contributed by atoms with Crippen molar-refractivity contribution in [2.75, 3.05) is 20.5 Å². The summed E-state index contributed by atoms with van der Waals surface area (Å²) in [7, 11) is 1.59. The highest BCUT2D eigenvalue weighted by Crippen LogP contribution is 2.32. The molecule has 1 amide bonds. The monoisotopic (exact) mass is 384 g/mol. The highest BCUT2D eigenvalue weighted by Gasteiger charge is 2.15. The molecule has 0 saturated carbocycles. The Morgan fingerprint density at radius 2 is 2.00 bits per heavy atom. The first-order valence-electron chi connectivity index (χ1n) is 9.10. The van der Waals surface area contributed by atoms with Crippen molar-refractivity contribution in [2.24, 2.45) is 11.0 Å². The molecule has 1 heterocycles. The third-order valence-corrected chi connectivity index (χ3v) is 4.15. The van der Waals surface area contributed by atoms with Gasteiger partial charge in [0.1, 0.15) is 0 Å². The minimum absolute atomic E-state index is 0.164. The topological polar surface area (TPSA) is 78.4 Å². The summed E-state index contributed by atoms with van der Waals surface area (Å²) in [4.78, 5) is 12.2. The Hall–Kier alpha value is -3.22. The fraction of sp³-hybridized carbons (Fsp3) is 0.333. The second-order valence-electron chi connectivity index (χ2n) is 6.71. The number of nitrogens with zero attached hydrogens (tertiary/aromatic N) is 1. The minimum Gasteiger partial charge on any atom is -0.493 e. The fourth-order valence-electron chi connectivity index (χ4n) is 2.56. The lowest BCUT2D eigenvalue weighted by molar-refractivity contribution is 0.0954. The number of nitrogens with one attached hydrogen (secondary N) is 1. The van der Waals surface area contributed by atoms with Gasteiger partial charge in [-0.3, -0.25) is 4.79 Å². The van der Waals surface area contributed by atoms with Crippen molar-refractivity contribution < 1.29 is 23.7 Å². The Labute approximate surface area is 164 Å². The Kier molecular flexibility index (Phi) is 6.37. The molecule has 0 aromatic heterocycles. The molecule has 7 nitrogen and oxygen atoms in total. The van der Waals surface area contributed by atoms with Gasteiger partial charge in [-0.1, -0.05) is 13.8 Å². The van der Waals surface area contributed by atoms with E-state index >= 15 is 0 Å². The molecule has 0 radical (unpaired) electrons. The molecule has 0 spiro atoms. The Morgan fingerprint density at radius 1 is 1.18 bits per heavy atom. The highest BCUT2D eigenvalue weighted by molar-refractivity contribution is 5.95. The summed E-state index contributed by atoms with van der Waals surface area (Å²) < 4.78 is 21.7. The van der Waals surface area contributed by atoms with Gasteiger partial charge in [0.2, 0.25) is 6.79 Å². The maximum absolute atomic E-state index is 12.2. The third kappa shape index (κ3) is 4.94. The molecule has 0 unspecified atom stereocenters. The first kappa shape index (κ1) is 19.5. The van der Waals surface area contributed by atoms with Gasteiger partial charge in [-0.25, -0.2) is 5.43 Å². The lowest BCUT2D eigenvalue weighted by Gasteiger charge is -2.12. The fourth-order valence-corrected chi connectivity index (χ4v) is 2.56. The van der Waals surface area contributed by atoms with E-state index in [1.165, 1.54) is 0 Å². The van der Waals surface area contributed by atoms with E-state index in [0.29, 0.717) is 41.1 Å². The van der Waals surface area contributed by atoms with E-state index in [2.05, 4.69) is 24.4 Å². The van der Waals surface area contributed by atoms with E-state index in [1.54, 1.807) is 37.6 Å². The van der Waals surface area contributed by atoms with Crippen molar-refractivity contribution in [2.45, 2.75) is 20.3 Å². The molecular weight excluding hydrogens is 360 g/mol. The lowest BCUT2D eigenvalue weighted by Crippen LogP contribution is -2.17. The third-order valence-electron chi connectivity index (χ3n) is 4.15. The summed E-state index contributed by atoms with van der Waals surface area (Å²) in [5.74, 6) is 2.72. The first-order valence-corrected chi connectivity index (χ1v) is 9.10. The molecule has 1 N–H and O–H groups in total. The molecule has 2 aromatic carbocycles. The van der Waals surface area contributed by atoms with Gasteiger partial charge in [0.15, 0.2) is 23.0 Å². The number of methoxy groups -OCH3 is 1. The van der Waals surface area contributed by atoms with E-state index in [4.69, 9.17) is 18.9 Å². The number of hydrogen-bond donors (Lipinski definition) is 1. The van der Waals surface area contributed by atoms with Gasteiger partial charge in [-0.05, 0) is 54.3 Å². The number of benzene rings is 2. The van der Waals surface area contributed by atoms with E-state index in [1.807, 2.05) is 12.1 Å². The van der Waals surface area contributed by atoms with Crippen molar-refractivity contribution in [3.05, 3.63) is 47.5 Å². The van der Waals surface area contributed by atoms with Crippen LogP contribution in [0, 0.1) is 5.92 Å². The van der Waals surface area contributed by atoms with Crippen molar-refractivity contribution in [3.63, 3.8) is 0 Å². The quantitative estimate of drug-likeness (QED) is 0.556. The Morgan fingerprint density at radius 3 is 2.79 bits per heavy atom. The summed E-state index contributed by atoms with van der Waals surface area (Å²) in [5, 5.41) is 4.01. The number of hydrazone groups is 1. The maximum atomic E-state index is 12.2. The molecule has 0 atom stereocenters. The van der Waals surface area contributed by atoms with Gasteiger partial charge in [-0.15, -0.1) is 0 Å². The smallest absolute Gasteiger partial charge is 0.271 e. The van der Waals surface area contributed by atoms with Crippen molar-refractivity contribution >= 4 is 12.1 Å². The molecular formula is C21H24N2O5. The molecule has 148 valence electrons. The molecule has 0 fully saturated rings. The van der Waals surface area contributed by atoms with E-state index in [-0.39, 0.29) is 12.7 Å². The highest BCUT2D eigenvalue weighted by atomic mass is 16.7. The molecule has 1 aliphatic heterocycles. The van der Waals surface area contributed by atoms with E-state index in [9.17, 15) is 4.79 Å². The van der Waals surface area contributed by atoms with Crippen LogP contribution in [0.15, 0.2) is 41.5 Å². The summed E-state index contributed by atoms with van der Waals surface area (Å²) in [6.45, 7) is 5.10. The van der Waals surface area contributed by atoms with Crippen LogP contribution < -0.4 is 24.4 Å². The Bertz CT molecular complexity index is 864. The van der Waals surface area contributed by atoms with Crippen LogP contribution in [0.3, 0.4) is 0 Å². The van der Waals surface area contributed by atoms with Gasteiger partial charge in [0, 0.05) is 5.56 Å². The van der Waals surface area contributed by atoms with Gasteiger partial charge >= 0.3 is 0 Å². The van der Waals surface area contributed by atoms with E-state index < -0.39 is 0 Å². The predicted octanol–water partition coefficient (Wildman–Crippen LogP) is 3.61. The van der Waals surface area contributed by atoms with Gasteiger partial charge in [0.25, 0.3) is 5.91 Å². The minimum atomic E-state index is -0.338. The second-order valence-corrected chi connectivity index (χ2v) is 6.71. The molecule has 0 aliphatic carbocycles. The van der Waals surface area contributed by atoms with Crippen LogP contribution in [0.1, 0.15) is 36.2 Å². The number of carbonyl (C=O) groups excluding carboxylic acids is 1. The van der Waals surface area contributed by atoms with Gasteiger partial charge < -0.3 is 18.9 Å². The predicted molar refractivity (Wildman–Crippen MR) is 106 cm³/mol. The summed E-state index contributed by atoms with van der Waals surface area (Å²) in [6, 6.07) is 10.5. The number of amides is 1. The largest absolute Gasteiger partial charge is 0.493 e. The van der Waals surface area contributed by atoms with Gasteiger partial charge in [0.05, 0.1) is 19.9 Å². The van der Waals surface area contributed by atoms with Crippen LogP contribution in [-0.2, 0) is 0 Å². The average Bonchev–Trinajstić information content (AvgIpc) is 3.16. The summed E-state index contributed by atoms with van der Waals surface area (Å²) in [5.41, 5.74) is 3.71. The van der Waals surface area contributed by atoms with Crippen LogP contribution >= 0.6 is 0 Å². The molecule has 2 aromatic rings. The van der Waals surface area contributed by atoms with Crippen molar-refractivity contribution in [3.8, 4) is 23.0 Å². The SMILES string of the molecule is COc1cc(C=NNC(=O)c2ccc3c(c2)OCO3)ccc1OCCC(C)C. The van der Waals surface area contributed by atoms with Crippen LogP contribution in [0.4, 0.5) is 0 Å². The summed E-state index contributed by atoms with van der Waals surface area (Å²) >= 11 is 0. The first-order chi connectivity index (χ1) is 13.6. The van der Waals surface area contributed by atoms with Crippen LogP contribution in [0.2, 0.25) is 0 Å². The zero-order valence-electron chi connectivity index (χ0n) is 16.2. The second kappa shape index (κ2) is 9.12. The maximum Gasteiger partial charge on any atom is 0.271 e. The molecule has 3 rings (SSSR count). The normalized spacial score (nSPS) is 12.4. The van der Waals surface area contributed by atoms with Crippen molar-refractivity contribution in [1.29, 1.82) is 0 Å². The van der Waals surface area contributed by atoms with Crippen LogP contribution in [0.25, 0.3) is 0 Å². The Balaban J connectivity index is 1.59. The number of rotatable bonds is 8. The molecule has 28 heavy (non-hydrogen) atoms. The molecule has 0 saturated heterocycles. The standard InChI is InChI=1S/C21H24N2O5/c1-14(2)8-9-26-17-6-4-15(10-19(17)25-3)12-22-23-21(24)16-5-7-18-20(11-16)28-13-27-18/h4-7,10-12,14H,8-9,13H2,1-3H3,(H,23,24). The van der Waals surface area contributed by atoms with Crippen molar-refractivity contribution in [1.82, 2.24) is 5.43 Å². The molecule has 1 aliphatic rings. The average molecular weight is 384 g/mol. The number of ether oxygens (including phenoxy) is 4. The number of fused-ring (bicyclic) bond motifs is 1.